The summed E-state index contributed by atoms with van der Waals surface area (Å²) in [5, 5.41) is 22.5. The molecule has 4 aromatic carbocycles. The number of aliphatic carboxylic acids is 1. The van der Waals surface area contributed by atoms with Crippen molar-refractivity contribution in [3.8, 4) is 22.4 Å². The van der Waals surface area contributed by atoms with Crippen LogP contribution in [0.5, 0.6) is 0 Å². The number of nitrogens with one attached hydrogen (secondary N) is 1. The van der Waals surface area contributed by atoms with Gasteiger partial charge in [0, 0.05) is 29.5 Å². The number of aliphatic hydroxyl groups is 1. The number of halogens is 1. The molecule has 47 heavy (non-hydrogen) atoms. The van der Waals surface area contributed by atoms with Gasteiger partial charge >= 0.3 is 5.97 Å². The molecule has 5 N–H and O–H groups in total. The van der Waals surface area contributed by atoms with Gasteiger partial charge in [-0.25, -0.2) is 4.39 Å². The fourth-order valence-corrected chi connectivity index (χ4v) is 5.55. The molecule has 1 aromatic heterocycles. The Morgan fingerprint density at radius 2 is 1.36 bits per heavy atom. The lowest BCUT2D eigenvalue weighted by Gasteiger charge is -2.18. The zero-order valence-electron chi connectivity index (χ0n) is 26.9. The van der Waals surface area contributed by atoms with Crippen molar-refractivity contribution < 1.29 is 24.2 Å². The van der Waals surface area contributed by atoms with Crippen molar-refractivity contribution in [2.24, 2.45) is 5.73 Å². The summed E-state index contributed by atoms with van der Waals surface area (Å²) in [6, 6.07) is 35.0. The van der Waals surface area contributed by atoms with E-state index in [1.54, 1.807) is 12.1 Å². The van der Waals surface area contributed by atoms with E-state index in [-0.39, 0.29) is 43.1 Å². The Kier molecular flexibility index (Phi) is 12.2. The van der Waals surface area contributed by atoms with Crippen LogP contribution in [0.15, 0.2) is 115 Å². The summed E-state index contributed by atoms with van der Waals surface area (Å²) >= 11 is 0. The Labute approximate surface area is 275 Å². The monoisotopic (exact) mass is 635 g/mol. The van der Waals surface area contributed by atoms with Gasteiger partial charge in [0.1, 0.15) is 5.82 Å². The van der Waals surface area contributed by atoms with E-state index >= 15 is 0 Å². The van der Waals surface area contributed by atoms with Crippen molar-refractivity contribution in [3.63, 3.8) is 0 Å². The number of amides is 1. The largest absolute Gasteiger partial charge is 0.481 e. The lowest BCUT2D eigenvalue weighted by Crippen LogP contribution is -2.19. The van der Waals surface area contributed by atoms with Gasteiger partial charge in [-0.05, 0) is 72.4 Å². The maximum absolute atomic E-state index is 14.0. The van der Waals surface area contributed by atoms with Crippen LogP contribution in [0.1, 0.15) is 67.2 Å². The second-order valence-corrected chi connectivity index (χ2v) is 11.7. The molecule has 0 fully saturated rings. The summed E-state index contributed by atoms with van der Waals surface area (Å²) in [5.74, 6) is -1.84. The van der Waals surface area contributed by atoms with Crippen LogP contribution >= 0.6 is 0 Å². The first-order chi connectivity index (χ1) is 22.6. The van der Waals surface area contributed by atoms with Gasteiger partial charge in [-0.15, -0.1) is 0 Å². The number of rotatable bonds is 11. The number of nitrogens with two attached hydrogens (primary N) is 1. The van der Waals surface area contributed by atoms with E-state index in [1.165, 1.54) is 17.7 Å². The third-order valence-corrected chi connectivity index (χ3v) is 7.71. The topological polar surface area (TPSA) is 118 Å². The SMILES string of the molecule is CC(C)c1c(C(=O)Nc2ccccc2)c(-c2ccccc2)c(-c2ccc(F)cc2)n1CC[C@@H](O)CC(=O)O.CC(N)c1ccccc1. The minimum Gasteiger partial charge on any atom is -0.481 e. The van der Waals surface area contributed by atoms with Crippen LogP contribution in [-0.2, 0) is 11.3 Å². The highest BCUT2D eigenvalue weighted by molar-refractivity contribution is 6.12. The summed E-state index contributed by atoms with van der Waals surface area (Å²) in [6.07, 6.45) is -1.27. The van der Waals surface area contributed by atoms with Crippen molar-refractivity contribution in [1.29, 1.82) is 0 Å². The first-order valence-electron chi connectivity index (χ1n) is 15.7. The molecule has 0 aliphatic carbocycles. The number of aliphatic hydroxyl groups excluding tert-OH is 1. The van der Waals surface area contributed by atoms with E-state index in [2.05, 4.69) is 5.32 Å². The van der Waals surface area contributed by atoms with Gasteiger partial charge < -0.3 is 25.8 Å². The number of para-hydroxylation sites is 1. The van der Waals surface area contributed by atoms with Crippen molar-refractivity contribution in [2.75, 3.05) is 5.32 Å². The Bertz CT molecular complexity index is 1740. The fourth-order valence-electron chi connectivity index (χ4n) is 5.55. The number of carboxylic acids is 1. The van der Waals surface area contributed by atoms with Crippen LogP contribution in [0, 0.1) is 5.82 Å². The fraction of sp³-hybridized carbons (Fsp3) is 0.231. The third-order valence-electron chi connectivity index (χ3n) is 7.71. The minimum atomic E-state index is -1.08. The average molecular weight is 636 g/mol. The van der Waals surface area contributed by atoms with Gasteiger partial charge in [0.2, 0.25) is 0 Å². The summed E-state index contributed by atoms with van der Waals surface area (Å²) in [4.78, 5) is 25.1. The van der Waals surface area contributed by atoms with Crippen LogP contribution in [0.2, 0.25) is 0 Å². The summed E-state index contributed by atoms with van der Waals surface area (Å²) in [5.41, 5.74) is 11.6. The highest BCUT2D eigenvalue weighted by atomic mass is 19.1. The number of aromatic nitrogens is 1. The number of hydrogen-bond acceptors (Lipinski definition) is 4. The quantitative estimate of drug-likeness (QED) is 0.117. The minimum absolute atomic E-state index is 0.0974. The molecule has 244 valence electrons. The van der Waals surface area contributed by atoms with Crippen molar-refractivity contribution in [3.05, 3.63) is 138 Å². The Hall–Kier alpha value is -5.05. The second-order valence-electron chi connectivity index (χ2n) is 11.7. The Morgan fingerprint density at radius 3 is 1.87 bits per heavy atom. The molecule has 0 saturated heterocycles. The lowest BCUT2D eigenvalue weighted by molar-refractivity contribution is -0.139. The molecule has 5 rings (SSSR count). The molecule has 0 aliphatic rings. The molecule has 0 bridgehead atoms. The first kappa shape index (κ1) is 34.8. The molecule has 1 amide bonds. The lowest BCUT2D eigenvalue weighted by atomic mass is 9.94. The molecule has 1 heterocycles. The Morgan fingerprint density at radius 1 is 0.809 bits per heavy atom. The van der Waals surface area contributed by atoms with Crippen LogP contribution in [0.25, 0.3) is 22.4 Å². The normalized spacial score (nSPS) is 12.1. The smallest absolute Gasteiger partial charge is 0.305 e. The van der Waals surface area contributed by atoms with E-state index in [9.17, 15) is 19.1 Å². The Balaban J connectivity index is 0.000000479. The number of carboxylic acid groups (broad SMARTS) is 1. The van der Waals surface area contributed by atoms with Crippen molar-refractivity contribution >= 4 is 17.6 Å². The van der Waals surface area contributed by atoms with E-state index in [4.69, 9.17) is 10.8 Å². The first-order valence-corrected chi connectivity index (χ1v) is 15.7. The van der Waals surface area contributed by atoms with Gasteiger partial charge in [-0.2, -0.15) is 0 Å². The van der Waals surface area contributed by atoms with Gasteiger partial charge in [0.05, 0.1) is 23.8 Å². The van der Waals surface area contributed by atoms with E-state index < -0.39 is 12.1 Å². The molecule has 0 radical (unpaired) electrons. The summed E-state index contributed by atoms with van der Waals surface area (Å²) in [6.45, 7) is 6.23. The molecule has 5 aromatic rings. The highest BCUT2D eigenvalue weighted by Crippen LogP contribution is 2.42. The third kappa shape index (κ3) is 9.25. The zero-order valence-corrected chi connectivity index (χ0v) is 26.9. The highest BCUT2D eigenvalue weighted by Gasteiger charge is 2.30. The number of carbonyl (C=O) groups is 2. The van der Waals surface area contributed by atoms with Crippen molar-refractivity contribution in [1.82, 2.24) is 4.57 Å². The molecular weight excluding hydrogens is 593 g/mol. The standard InChI is InChI=1S/C31H31FN2O4.C8H11N/c1-20(2)29-28(31(38)33-24-11-7-4-8-12-24)27(21-9-5-3-6-10-21)30(22-13-15-23(32)16-14-22)34(29)18-17-25(35)19-26(36)37;1-7(9)8-5-3-2-4-6-8/h3-16,20,25,35H,17-19H2,1-2H3,(H,33,38)(H,36,37);2-7H,9H2,1H3/t25-;/m1./s1. The van der Waals surface area contributed by atoms with Crippen LogP contribution in [-0.4, -0.2) is 32.8 Å². The van der Waals surface area contributed by atoms with Crippen molar-refractivity contribution in [2.45, 2.75) is 58.2 Å². The van der Waals surface area contributed by atoms with Crippen LogP contribution < -0.4 is 11.1 Å². The van der Waals surface area contributed by atoms with E-state index in [0.717, 1.165) is 11.3 Å². The second kappa shape index (κ2) is 16.5. The molecule has 7 nitrogen and oxygen atoms in total. The number of carbonyl (C=O) groups excluding carboxylic acids is 1. The molecular formula is C39H42FN3O4. The maximum Gasteiger partial charge on any atom is 0.305 e. The maximum atomic E-state index is 14.0. The predicted molar refractivity (Wildman–Crippen MR) is 186 cm³/mol. The number of hydrogen-bond donors (Lipinski definition) is 4. The average Bonchev–Trinajstić information content (AvgIpc) is 3.41. The van der Waals surface area contributed by atoms with E-state index in [1.807, 2.05) is 116 Å². The number of anilines is 1. The molecule has 0 spiro atoms. The molecule has 1 unspecified atom stereocenters. The summed E-state index contributed by atoms with van der Waals surface area (Å²) < 4.78 is 15.9. The molecule has 8 heteroatoms. The van der Waals surface area contributed by atoms with Crippen LogP contribution in [0.4, 0.5) is 10.1 Å². The van der Waals surface area contributed by atoms with Crippen LogP contribution in [0.3, 0.4) is 0 Å². The van der Waals surface area contributed by atoms with Gasteiger partial charge in [0.15, 0.2) is 0 Å². The number of benzene rings is 4. The molecule has 0 aliphatic heterocycles. The van der Waals surface area contributed by atoms with E-state index in [0.29, 0.717) is 28.1 Å². The molecule has 2 atom stereocenters. The molecule has 0 saturated carbocycles. The predicted octanol–water partition coefficient (Wildman–Crippen LogP) is 8.27. The number of nitrogens with zero attached hydrogens (tertiary/aromatic N) is 1. The summed E-state index contributed by atoms with van der Waals surface area (Å²) in [7, 11) is 0. The van der Waals surface area contributed by atoms with Gasteiger partial charge in [-0.3, -0.25) is 9.59 Å². The zero-order chi connectivity index (χ0) is 33.9. The van der Waals surface area contributed by atoms with Gasteiger partial charge in [0.25, 0.3) is 5.91 Å². The van der Waals surface area contributed by atoms with Gasteiger partial charge in [-0.1, -0.05) is 92.7 Å².